The summed E-state index contributed by atoms with van der Waals surface area (Å²) in [6.45, 7) is 2.94. The fraction of sp³-hybridized carbons (Fsp3) is 0.259. The molecule has 36 heavy (non-hydrogen) atoms. The van der Waals surface area contributed by atoms with Gasteiger partial charge in [0.2, 0.25) is 15.9 Å². The average molecular weight is 540 g/mol. The molecule has 0 unspecified atom stereocenters. The lowest BCUT2D eigenvalue weighted by atomic mass is 9.96. The van der Waals surface area contributed by atoms with Crippen LogP contribution in [0.25, 0.3) is 10.2 Å². The topological polar surface area (TPSA) is 70.6 Å². The van der Waals surface area contributed by atoms with E-state index in [9.17, 15) is 13.2 Å². The number of fused-ring (bicyclic) bond motifs is 1. The van der Waals surface area contributed by atoms with E-state index in [4.69, 9.17) is 16.6 Å². The Balaban J connectivity index is 1.37. The molecule has 0 radical (unpaired) electrons. The largest absolute Gasteiger partial charge is 0.283 e. The molecule has 1 aliphatic heterocycles. The van der Waals surface area contributed by atoms with Crippen LogP contribution in [0.2, 0.25) is 5.02 Å². The van der Waals surface area contributed by atoms with Crippen molar-refractivity contribution in [2.24, 2.45) is 5.92 Å². The summed E-state index contributed by atoms with van der Waals surface area (Å²) in [5.74, 6) is -0.315. The van der Waals surface area contributed by atoms with Crippen LogP contribution in [0, 0.1) is 12.8 Å². The summed E-state index contributed by atoms with van der Waals surface area (Å²) in [5.41, 5.74) is 2.81. The number of rotatable bonds is 6. The molecule has 6 nitrogen and oxygen atoms in total. The number of piperidine rings is 1. The molecular formula is C27H26ClN3O3S2. The number of hydrogen-bond donors (Lipinski definition) is 0. The van der Waals surface area contributed by atoms with Crippen molar-refractivity contribution in [3.63, 3.8) is 0 Å². The molecule has 5 rings (SSSR count). The average Bonchev–Trinajstić information content (AvgIpc) is 3.31. The normalized spacial score (nSPS) is 15.3. The van der Waals surface area contributed by atoms with Gasteiger partial charge < -0.3 is 0 Å². The molecule has 4 aromatic rings. The van der Waals surface area contributed by atoms with Crippen LogP contribution in [0.4, 0.5) is 5.13 Å². The van der Waals surface area contributed by atoms with Crippen LogP contribution in [0.1, 0.15) is 24.0 Å². The third kappa shape index (κ3) is 5.18. The minimum absolute atomic E-state index is 0.0311. The Morgan fingerprint density at radius 1 is 1.06 bits per heavy atom. The highest BCUT2D eigenvalue weighted by Gasteiger charge is 2.35. The molecule has 1 aliphatic rings. The molecule has 0 saturated carbocycles. The second-order valence-corrected chi connectivity index (χ2v) is 12.4. The van der Waals surface area contributed by atoms with E-state index < -0.39 is 10.0 Å². The molecule has 3 aromatic carbocycles. The molecule has 0 spiro atoms. The first-order valence-corrected chi connectivity index (χ1v) is 14.4. The lowest BCUT2D eigenvalue weighted by Gasteiger charge is -2.33. The van der Waals surface area contributed by atoms with Crippen molar-refractivity contribution >= 4 is 54.2 Å². The van der Waals surface area contributed by atoms with E-state index in [2.05, 4.69) is 0 Å². The Hall–Kier alpha value is -2.78. The highest BCUT2D eigenvalue weighted by Crippen LogP contribution is 2.34. The summed E-state index contributed by atoms with van der Waals surface area (Å²) in [7, 11) is -3.58. The van der Waals surface area contributed by atoms with Crippen LogP contribution in [-0.2, 0) is 21.4 Å². The first kappa shape index (κ1) is 24.9. The van der Waals surface area contributed by atoms with Crippen molar-refractivity contribution in [2.75, 3.05) is 18.0 Å². The van der Waals surface area contributed by atoms with Gasteiger partial charge in [-0.15, -0.1) is 0 Å². The summed E-state index contributed by atoms with van der Waals surface area (Å²) >= 11 is 7.61. The number of sulfonamides is 1. The molecular weight excluding hydrogens is 514 g/mol. The Bertz CT molecular complexity index is 1480. The summed E-state index contributed by atoms with van der Waals surface area (Å²) in [5, 5.41) is 1.25. The number of carbonyl (C=O) groups excluding carboxylic acids is 1. The van der Waals surface area contributed by atoms with Gasteiger partial charge in [-0.25, -0.2) is 13.4 Å². The van der Waals surface area contributed by atoms with Gasteiger partial charge in [0.05, 0.1) is 21.7 Å². The lowest BCUT2D eigenvalue weighted by Crippen LogP contribution is -2.44. The fourth-order valence-corrected chi connectivity index (χ4v) is 7.15. The van der Waals surface area contributed by atoms with Crippen LogP contribution >= 0.6 is 22.9 Å². The smallest absolute Gasteiger partial charge is 0.243 e. The van der Waals surface area contributed by atoms with E-state index in [0.717, 1.165) is 21.3 Å². The van der Waals surface area contributed by atoms with Gasteiger partial charge in [0.15, 0.2) is 5.13 Å². The molecule has 9 heteroatoms. The van der Waals surface area contributed by atoms with E-state index in [1.807, 2.05) is 49.4 Å². The van der Waals surface area contributed by atoms with Crippen LogP contribution in [-0.4, -0.2) is 36.7 Å². The molecule has 0 aliphatic carbocycles. The summed E-state index contributed by atoms with van der Waals surface area (Å²) in [6.07, 6.45) is 0.928. The molecule has 1 fully saturated rings. The zero-order chi connectivity index (χ0) is 25.3. The van der Waals surface area contributed by atoms with E-state index in [-0.39, 0.29) is 16.7 Å². The number of carbonyl (C=O) groups is 1. The lowest BCUT2D eigenvalue weighted by molar-refractivity contribution is -0.123. The molecule has 0 bridgehead atoms. The molecule has 186 valence electrons. The first-order chi connectivity index (χ1) is 17.3. The van der Waals surface area contributed by atoms with Crippen molar-refractivity contribution < 1.29 is 13.2 Å². The number of aromatic nitrogens is 1. The van der Waals surface area contributed by atoms with Crippen molar-refractivity contribution in [3.05, 3.63) is 88.9 Å². The fourth-order valence-electron chi connectivity index (χ4n) is 4.43. The summed E-state index contributed by atoms with van der Waals surface area (Å²) < 4.78 is 28.6. The highest BCUT2D eigenvalue weighted by atomic mass is 35.5. The Morgan fingerprint density at radius 3 is 2.44 bits per heavy atom. The molecule has 1 aromatic heterocycles. The van der Waals surface area contributed by atoms with Crippen molar-refractivity contribution in [1.29, 1.82) is 0 Å². The van der Waals surface area contributed by atoms with Gasteiger partial charge >= 0.3 is 0 Å². The zero-order valence-corrected chi connectivity index (χ0v) is 22.2. The Labute approximate surface area is 220 Å². The van der Waals surface area contributed by atoms with Crippen molar-refractivity contribution in [1.82, 2.24) is 9.29 Å². The predicted molar refractivity (Wildman–Crippen MR) is 145 cm³/mol. The number of thiazole rings is 1. The van der Waals surface area contributed by atoms with Gasteiger partial charge in [-0.1, -0.05) is 71.0 Å². The van der Waals surface area contributed by atoms with Gasteiger partial charge in [-0.05, 0) is 55.7 Å². The Kier molecular flexibility index (Phi) is 7.12. The number of anilines is 1. The van der Waals surface area contributed by atoms with E-state index in [1.165, 1.54) is 15.6 Å². The SMILES string of the molecule is Cc1ccc(S(=O)(=O)N2CCC(C(=O)N(Cc3ccccc3)c3nc4ccc(Cl)cc4s3)CC2)cc1. The third-order valence-electron chi connectivity index (χ3n) is 6.48. The van der Waals surface area contributed by atoms with Gasteiger partial charge in [-0.3, -0.25) is 9.69 Å². The van der Waals surface area contributed by atoms with Crippen LogP contribution in [0.15, 0.2) is 77.7 Å². The quantitative estimate of drug-likeness (QED) is 0.306. The number of hydrogen-bond acceptors (Lipinski definition) is 5. The zero-order valence-electron chi connectivity index (χ0n) is 19.8. The molecule has 1 amide bonds. The number of benzene rings is 3. The first-order valence-electron chi connectivity index (χ1n) is 11.8. The maximum absolute atomic E-state index is 13.8. The second-order valence-electron chi connectivity index (χ2n) is 9.01. The minimum atomic E-state index is -3.58. The standard InChI is InChI=1S/C27H26ClN3O3S2/c1-19-7-10-23(11-8-19)36(33,34)30-15-13-21(14-16-30)26(32)31(18-20-5-3-2-4-6-20)27-29-24-12-9-22(28)17-25(24)35-27/h2-12,17,21H,13-16,18H2,1H3. The van der Waals surface area contributed by atoms with Crippen molar-refractivity contribution in [2.45, 2.75) is 31.2 Å². The number of amides is 1. The molecule has 2 heterocycles. The minimum Gasteiger partial charge on any atom is -0.283 e. The maximum Gasteiger partial charge on any atom is 0.243 e. The van der Waals surface area contributed by atoms with E-state index in [0.29, 0.717) is 42.6 Å². The molecule has 0 atom stereocenters. The third-order valence-corrected chi connectivity index (χ3v) is 9.67. The van der Waals surface area contributed by atoms with Gasteiger partial charge in [0.1, 0.15) is 0 Å². The maximum atomic E-state index is 13.8. The van der Waals surface area contributed by atoms with Crippen LogP contribution in [0.3, 0.4) is 0 Å². The number of aryl methyl sites for hydroxylation is 1. The van der Waals surface area contributed by atoms with Gasteiger partial charge in [0.25, 0.3) is 0 Å². The number of halogens is 1. The number of nitrogens with zero attached hydrogens (tertiary/aromatic N) is 3. The molecule has 0 N–H and O–H groups in total. The van der Waals surface area contributed by atoms with E-state index in [1.54, 1.807) is 35.2 Å². The highest BCUT2D eigenvalue weighted by molar-refractivity contribution is 7.89. The van der Waals surface area contributed by atoms with Crippen LogP contribution in [0.5, 0.6) is 0 Å². The van der Waals surface area contributed by atoms with E-state index >= 15 is 0 Å². The molecule has 1 saturated heterocycles. The monoisotopic (exact) mass is 539 g/mol. The summed E-state index contributed by atoms with van der Waals surface area (Å²) in [6, 6.07) is 22.2. The van der Waals surface area contributed by atoms with Gasteiger partial charge in [-0.2, -0.15) is 4.31 Å². The van der Waals surface area contributed by atoms with Gasteiger partial charge in [0, 0.05) is 24.0 Å². The van der Waals surface area contributed by atoms with Crippen LogP contribution < -0.4 is 4.90 Å². The second kappa shape index (κ2) is 10.3. The van der Waals surface area contributed by atoms with Crippen molar-refractivity contribution in [3.8, 4) is 0 Å². The predicted octanol–water partition coefficient (Wildman–Crippen LogP) is 5.89. The summed E-state index contributed by atoms with van der Waals surface area (Å²) in [4.78, 5) is 20.6. The Morgan fingerprint density at radius 2 is 1.75 bits per heavy atom.